The Hall–Kier alpha value is -2.29. The molecule has 0 saturated carbocycles. The molecular weight excluding hydrogens is 272 g/mol. The highest BCUT2D eigenvalue weighted by molar-refractivity contribution is 5.77. The number of benzene rings is 2. The highest BCUT2D eigenvalue weighted by atomic mass is 16.5. The Bertz CT molecular complexity index is 611. The van der Waals surface area contributed by atoms with Crippen molar-refractivity contribution in [1.82, 2.24) is 0 Å². The van der Waals surface area contributed by atoms with Crippen molar-refractivity contribution in [3.8, 4) is 0 Å². The van der Waals surface area contributed by atoms with E-state index >= 15 is 0 Å². The summed E-state index contributed by atoms with van der Waals surface area (Å²) in [5, 5.41) is 12.2. The van der Waals surface area contributed by atoms with Gasteiger partial charge in [0.1, 0.15) is 0 Å². The second-order valence-electron chi connectivity index (χ2n) is 5.24. The number of anilines is 1. The fourth-order valence-electron chi connectivity index (χ4n) is 2.45. The van der Waals surface area contributed by atoms with Gasteiger partial charge >= 0.3 is 0 Å². The smallest absolute Gasteiger partial charge is 0.216 e. The first-order chi connectivity index (χ1) is 10.7. The van der Waals surface area contributed by atoms with E-state index in [0.717, 1.165) is 29.8 Å². The topological polar surface area (TPSA) is 29.3 Å². The molecule has 3 heteroatoms. The van der Waals surface area contributed by atoms with Crippen LogP contribution in [0.25, 0.3) is 0 Å². The minimum Gasteiger partial charge on any atom is -0.618 e. The van der Waals surface area contributed by atoms with E-state index in [1.54, 1.807) is 6.21 Å². The summed E-state index contributed by atoms with van der Waals surface area (Å²) in [5.41, 5.74) is 3.99. The molecular formula is C19H24N2O. The van der Waals surface area contributed by atoms with Crippen LogP contribution < -0.4 is 4.90 Å². The molecule has 0 bridgehead atoms. The molecule has 0 aliphatic rings. The van der Waals surface area contributed by atoms with Crippen LogP contribution in [0.5, 0.6) is 0 Å². The zero-order valence-corrected chi connectivity index (χ0v) is 13.6. The van der Waals surface area contributed by atoms with Crippen molar-refractivity contribution < 1.29 is 4.74 Å². The number of hydrogen-bond donors (Lipinski definition) is 0. The summed E-state index contributed by atoms with van der Waals surface area (Å²) in [4.78, 5) is 2.28. The predicted octanol–water partition coefficient (Wildman–Crippen LogP) is 4.36. The summed E-state index contributed by atoms with van der Waals surface area (Å²) in [7, 11) is 0. The normalized spacial score (nSPS) is 11.5. The molecule has 2 aromatic rings. The van der Waals surface area contributed by atoms with Crippen LogP contribution in [0.15, 0.2) is 48.5 Å². The van der Waals surface area contributed by atoms with E-state index in [9.17, 15) is 5.21 Å². The highest BCUT2D eigenvalue weighted by Gasteiger charge is 2.04. The summed E-state index contributed by atoms with van der Waals surface area (Å²) < 4.78 is 0.922. The molecule has 0 spiro atoms. The first-order valence-electron chi connectivity index (χ1n) is 7.93. The molecule has 0 radical (unpaired) electrons. The monoisotopic (exact) mass is 296 g/mol. The molecule has 0 aliphatic carbocycles. The van der Waals surface area contributed by atoms with E-state index in [1.807, 2.05) is 36.4 Å². The van der Waals surface area contributed by atoms with Gasteiger partial charge in [0.15, 0.2) is 6.21 Å². The van der Waals surface area contributed by atoms with Gasteiger partial charge < -0.3 is 10.1 Å². The third-order valence-corrected chi connectivity index (χ3v) is 3.89. The Kier molecular flexibility index (Phi) is 5.59. The van der Waals surface area contributed by atoms with E-state index in [1.165, 1.54) is 11.3 Å². The van der Waals surface area contributed by atoms with Crippen LogP contribution in [-0.4, -0.2) is 24.0 Å². The Morgan fingerprint density at radius 2 is 1.50 bits per heavy atom. The maximum atomic E-state index is 12.2. The van der Waals surface area contributed by atoms with Crippen molar-refractivity contribution in [2.45, 2.75) is 27.2 Å². The van der Waals surface area contributed by atoms with Crippen molar-refractivity contribution in [3.63, 3.8) is 0 Å². The van der Waals surface area contributed by atoms with Gasteiger partial charge in [0.25, 0.3) is 0 Å². The average molecular weight is 296 g/mol. The van der Waals surface area contributed by atoms with Crippen molar-refractivity contribution in [1.29, 1.82) is 0 Å². The van der Waals surface area contributed by atoms with Gasteiger partial charge in [0.05, 0.1) is 0 Å². The molecule has 0 aliphatic heterocycles. The maximum Gasteiger partial charge on any atom is 0.216 e. The van der Waals surface area contributed by atoms with Gasteiger partial charge in [-0.3, -0.25) is 0 Å². The zero-order valence-electron chi connectivity index (χ0n) is 13.6. The van der Waals surface area contributed by atoms with Crippen LogP contribution >= 0.6 is 0 Å². The van der Waals surface area contributed by atoms with Crippen molar-refractivity contribution >= 4 is 17.6 Å². The first-order valence-corrected chi connectivity index (χ1v) is 7.93. The van der Waals surface area contributed by atoms with Crippen LogP contribution in [0.3, 0.4) is 0 Å². The first kappa shape index (κ1) is 16.1. The Labute approximate surface area is 133 Å². The maximum absolute atomic E-state index is 12.2. The minimum atomic E-state index is 0.657. The number of nitrogens with zero attached hydrogens (tertiary/aromatic N) is 2. The molecule has 0 aromatic heterocycles. The van der Waals surface area contributed by atoms with E-state index in [-0.39, 0.29) is 0 Å². The summed E-state index contributed by atoms with van der Waals surface area (Å²) in [6.45, 7) is 8.35. The fourth-order valence-corrected chi connectivity index (χ4v) is 2.45. The van der Waals surface area contributed by atoms with Crippen molar-refractivity contribution in [2.75, 3.05) is 18.0 Å². The van der Waals surface area contributed by atoms with Crippen LogP contribution in [-0.2, 0) is 6.42 Å². The molecule has 2 aromatic carbocycles. The largest absolute Gasteiger partial charge is 0.618 e. The third kappa shape index (κ3) is 3.88. The van der Waals surface area contributed by atoms with Crippen LogP contribution in [0, 0.1) is 5.21 Å². The number of rotatable bonds is 6. The lowest BCUT2D eigenvalue weighted by atomic mass is 10.1. The Balaban J connectivity index is 2.17. The molecule has 0 saturated heterocycles. The predicted molar refractivity (Wildman–Crippen MR) is 94.3 cm³/mol. The molecule has 3 nitrogen and oxygen atoms in total. The molecule has 2 rings (SSSR count). The minimum absolute atomic E-state index is 0.657. The Morgan fingerprint density at radius 1 is 0.909 bits per heavy atom. The Morgan fingerprint density at radius 3 is 2.00 bits per heavy atom. The second kappa shape index (κ2) is 7.64. The van der Waals surface area contributed by atoms with E-state index in [0.29, 0.717) is 5.69 Å². The average Bonchev–Trinajstić information content (AvgIpc) is 2.57. The molecule has 0 N–H and O–H groups in total. The summed E-state index contributed by atoms with van der Waals surface area (Å²) in [6, 6.07) is 15.8. The van der Waals surface area contributed by atoms with E-state index < -0.39 is 0 Å². The zero-order chi connectivity index (χ0) is 15.9. The van der Waals surface area contributed by atoms with Gasteiger partial charge in [-0.05, 0) is 50.1 Å². The standard InChI is InChI=1S/C19H24N2O/c1-4-16-7-13-19(14-8-16)21(22)15-17-9-11-18(12-10-17)20(5-2)6-3/h7-15H,4-6H2,1-3H3. The van der Waals surface area contributed by atoms with Crippen LogP contribution in [0.4, 0.5) is 11.4 Å². The molecule has 22 heavy (non-hydrogen) atoms. The lowest BCUT2D eigenvalue weighted by Crippen LogP contribution is -2.21. The molecule has 0 amide bonds. The SMILES string of the molecule is CCc1ccc([N+]([O-])=Cc2ccc(N(CC)CC)cc2)cc1. The fraction of sp³-hybridized carbons (Fsp3) is 0.316. The van der Waals surface area contributed by atoms with Crippen molar-refractivity contribution in [3.05, 3.63) is 64.9 Å². The lowest BCUT2D eigenvalue weighted by Gasteiger charge is -2.20. The second-order valence-corrected chi connectivity index (χ2v) is 5.24. The summed E-state index contributed by atoms with van der Waals surface area (Å²) in [5.74, 6) is 0. The summed E-state index contributed by atoms with van der Waals surface area (Å²) >= 11 is 0. The van der Waals surface area contributed by atoms with Gasteiger partial charge in [-0.1, -0.05) is 19.1 Å². The molecule has 0 heterocycles. The lowest BCUT2D eigenvalue weighted by molar-refractivity contribution is -0.354. The van der Waals surface area contributed by atoms with Crippen molar-refractivity contribution in [2.24, 2.45) is 0 Å². The molecule has 0 atom stereocenters. The summed E-state index contributed by atoms with van der Waals surface area (Å²) in [6.07, 6.45) is 2.60. The quantitative estimate of drug-likeness (QED) is 0.343. The van der Waals surface area contributed by atoms with Crippen LogP contribution in [0.1, 0.15) is 31.9 Å². The van der Waals surface area contributed by atoms with Gasteiger partial charge in [-0.25, -0.2) is 0 Å². The molecule has 0 unspecified atom stereocenters. The van der Waals surface area contributed by atoms with Gasteiger partial charge in [0.2, 0.25) is 5.69 Å². The third-order valence-electron chi connectivity index (χ3n) is 3.89. The van der Waals surface area contributed by atoms with Gasteiger partial charge in [-0.2, -0.15) is 4.74 Å². The number of hydrogen-bond acceptors (Lipinski definition) is 2. The van der Waals surface area contributed by atoms with Gasteiger partial charge in [-0.15, -0.1) is 0 Å². The van der Waals surface area contributed by atoms with E-state index in [2.05, 4.69) is 37.8 Å². The highest BCUT2D eigenvalue weighted by Crippen LogP contribution is 2.16. The number of aryl methyl sites for hydroxylation is 1. The molecule has 0 fully saturated rings. The van der Waals surface area contributed by atoms with Gasteiger partial charge in [0, 0.05) is 36.5 Å². The van der Waals surface area contributed by atoms with E-state index in [4.69, 9.17) is 0 Å². The molecule has 116 valence electrons. The van der Waals surface area contributed by atoms with Crippen LogP contribution in [0.2, 0.25) is 0 Å².